The maximum Gasteiger partial charge on any atom is 0.0233 e. The third-order valence-electron chi connectivity index (χ3n) is 3.61. The van der Waals surface area contributed by atoms with Crippen molar-refractivity contribution in [1.82, 2.24) is 10.2 Å². The Morgan fingerprint density at radius 1 is 1.00 bits per heavy atom. The molecule has 0 saturated carbocycles. The Morgan fingerprint density at radius 3 is 2.16 bits per heavy atom. The maximum atomic E-state index is 3.52. The highest BCUT2D eigenvalue weighted by Crippen LogP contribution is 2.14. The van der Waals surface area contributed by atoms with Crippen molar-refractivity contribution >= 4 is 0 Å². The lowest BCUT2D eigenvalue weighted by Gasteiger charge is -2.19. The van der Waals surface area contributed by atoms with Crippen LogP contribution in [0.4, 0.5) is 0 Å². The average Bonchev–Trinajstić information content (AvgIpc) is 2.83. The molecule has 0 spiro atoms. The molecule has 1 aliphatic rings. The fraction of sp³-hybridized carbons (Fsp3) is 0.647. The molecule has 1 saturated heterocycles. The van der Waals surface area contributed by atoms with Crippen LogP contribution in [0, 0.1) is 5.41 Å². The van der Waals surface area contributed by atoms with Crippen LogP contribution in [0.25, 0.3) is 0 Å². The van der Waals surface area contributed by atoms with Gasteiger partial charge in [0.2, 0.25) is 0 Å². The summed E-state index contributed by atoms with van der Waals surface area (Å²) in [5.41, 5.74) is 3.19. The van der Waals surface area contributed by atoms with Crippen LogP contribution in [0.2, 0.25) is 0 Å². The lowest BCUT2D eigenvalue weighted by Crippen LogP contribution is -2.26. The van der Waals surface area contributed by atoms with E-state index in [0.29, 0.717) is 5.41 Å². The zero-order valence-electron chi connectivity index (χ0n) is 12.7. The number of nitrogens with one attached hydrogen (secondary N) is 1. The number of nitrogens with zero attached hydrogens (tertiary/aromatic N) is 1. The van der Waals surface area contributed by atoms with Gasteiger partial charge in [-0.25, -0.2) is 0 Å². The van der Waals surface area contributed by atoms with Gasteiger partial charge in [0.05, 0.1) is 0 Å². The molecule has 0 aliphatic carbocycles. The topological polar surface area (TPSA) is 15.3 Å². The molecule has 0 bridgehead atoms. The Hall–Kier alpha value is -0.860. The fourth-order valence-electron chi connectivity index (χ4n) is 2.54. The van der Waals surface area contributed by atoms with Gasteiger partial charge in [-0.1, -0.05) is 45.0 Å². The summed E-state index contributed by atoms with van der Waals surface area (Å²) in [7, 11) is 0. The molecule has 1 N–H and O–H groups in total. The quantitative estimate of drug-likeness (QED) is 0.872. The van der Waals surface area contributed by atoms with Crippen molar-refractivity contribution in [1.29, 1.82) is 0 Å². The van der Waals surface area contributed by atoms with Crippen molar-refractivity contribution < 1.29 is 0 Å². The maximum absolute atomic E-state index is 3.52. The first-order valence-corrected chi connectivity index (χ1v) is 7.54. The Bertz CT molecular complexity index is 369. The summed E-state index contributed by atoms with van der Waals surface area (Å²) < 4.78 is 0. The lowest BCUT2D eigenvalue weighted by atomic mass is 9.97. The molecule has 1 aliphatic heterocycles. The number of hydrogen-bond acceptors (Lipinski definition) is 2. The summed E-state index contributed by atoms with van der Waals surface area (Å²) in [6.45, 7) is 12.5. The van der Waals surface area contributed by atoms with Crippen molar-refractivity contribution in [2.24, 2.45) is 5.41 Å². The number of benzene rings is 1. The molecule has 1 fully saturated rings. The van der Waals surface area contributed by atoms with E-state index in [1.54, 1.807) is 0 Å². The van der Waals surface area contributed by atoms with Gasteiger partial charge in [-0.3, -0.25) is 4.90 Å². The molecular formula is C17H28N2. The summed E-state index contributed by atoms with van der Waals surface area (Å²) in [5, 5.41) is 3.52. The molecule has 1 aromatic carbocycles. The van der Waals surface area contributed by atoms with Gasteiger partial charge in [-0.15, -0.1) is 0 Å². The van der Waals surface area contributed by atoms with E-state index < -0.39 is 0 Å². The second-order valence-electron chi connectivity index (χ2n) is 6.96. The van der Waals surface area contributed by atoms with Crippen LogP contribution in [0.3, 0.4) is 0 Å². The minimum absolute atomic E-state index is 0.357. The van der Waals surface area contributed by atoms with Crippen molar-refractivity contribution in [3.63, 3.8) is 0 Å². The second-order valence-corrected chi connectivity index (χ2v) is 6.96. The molecule has 0 amide bonds. The molecule has 2 heteroatoms. The van der Waals surface area contributed by atoms with Gasteiger partial charge in [0.25, 0.3) is 0 Å². The first-order valence-electron chi connectivity index (χ1n) is 7.54. The summed E-state index contributed by atoms with van der Waals surface area (Å²) in [6.07, 6.45) is 2.74. The molecule has 0 atom stereocenters. The zero-order valence-corrected chi connectivity index (χ0v) is 12.7. The Labute approximate surface area is 118 Å². The molecule has 2 nitrogen and oxygen atoms in total. The highest BCUT2D eigenvalue weighted by molar-refractivity contribution is 5.22. The fourth-order valence-corrected chi connectivity index (χ4v) is 2.54. The van der Waals surface area contributed by atoms with Crippen LogP contribution in [-0.2, 0) is 13.1 Å². The predicted octanol–water partition coefficient (Wildman–Crippen LogP) is 3.42. The molecule has 2 rings (SSSR count). The van der Waals surface area contributed by atoms with E-state index in [9.17, 15) is 0 Å². The minimum Gasteiger partial charge on any atom is -0.312 e. The SMILES string of the molecule is CC(C)(C)CNCc1ccc(CN2CCCC2)cc1. The van der Waals surface area contributed by atoms with Crippen LogP contribution in [0.1, 0.15) is 44.7 Å². The normalized spacial score (nSPS) is 17.0. The largest absolute Gasteiger partial charge is 0.312 e. The Balaban J connectivity index is 1.77. The monoisotopic (exact) mass is 260 g/mol. The van der Waals surface area contributed by atoms with Crippen LogP contribution in [-0.4, -0.2) is 24.5 Å². The predicted molar refractivity (Wildman–Crippen MR) is 82.1 cm³/mol. The van der Waals surface area contributed by atoms with Crippen LogP contribution in [0.5, 0.6) is 0 Å². The minimum atomic E-state index is 0.357. The molecule has 0 unspecified atom stereocenters. The van der Waals surface area contributed by atoms with Gasteiger partial charge in [0, 0.05) is 19.6 Å². The first-order chi connectivity index (χ1) is 9.03. The van der Waals surface area contributed by atoms with E-state index in [4.69, 9.17) is 0 Å². The summed E-state index contributed by atoms with van der Waals surface area (Å²) >= 11 is 0. The van der Waals surface area contributed by atoms with E-state index >= 15 is 0 Å². The van der Waals surface area contributed by atoms with E-state index in [2.05, 4.69) is 55.3 Å². The third kappa shape index (κ3) is 5.33. The van der Waals surface area contributed by atoms with Gasteiger partial charge in [0.1, 0.15) is 0 Å². The summed E-state index contributed by atoms with van der Waals surface area (Å²) in [5.74, 6) is 0. The Morgan fingerprint density at radius 2 is 1.58 bits per heavy atom. The van der Waals surface area contributed by atoms with Gasteiger partial charge in [-0.05, 0) is 42.5 Å². The first kappa shape index (κ1) is 14.5. The second kappa shape index (κ2) is 6.53. The number of hydrogen-bond donors (Lipinski definition) is 1. The number of likely N-dealkylation sites (tertiary alicyclic amines) is 1. The molecule has 106 valence electrons. The standard InChI is InChI=1S/C17H28N2/c1-17(2,3)14-18-12-15-6-8-16(9-7-15)13-19-10-4-5-11-19/h6-9,18H,4-5,10-14H2,1-3H3. The van der Waals surface area contributed by atoms with E-state index in [1.807, 2.05) is 0 Å². The van der Waals surface area contributed by atoms with Gasteiger partial charge in [-0.2, -0.15) is 0 Å². The van der Waals surface area contributed by atoms with E-state index in [-0.39, 0.29) is 0 Å². The van der Waals surface area contributed by atoms with Crippen LogP contribution >= 0.6 is 0 Å². The highest BCUT2D eigenvalue weighted by atomic mass is 15.1. The lowest BCUT2D eigenvalue weighted by molar-refractivity contribution is 0.331. The Kier molecular flexibility index (Phi) is 5.00. The molecule has 0 aromatic heterocycles. The molecule has 19 heavy (non-hydrogen) atoms. The molecular weight excluding hydrogens is 232 g/mol. The molecule has 1 aromatic rings. The average molecular weight is 260 g/mol. The van der Waals surface area contributed by atoms with Crippen molar-refractivity contribution in [2.45, 2.75) is 46.7 Å². The summed E-state index contributed by atoms with van der Waals surface area (Å²) in [6, 6.07) is 9.10. The third-order valence-corrected chi connectivity index (χ3v) is 3.61. The van der Waals surface area contributed by atoms with Crippen molar-refractivity contribution in [3.8, 4) is 0 Å². The number of rotatable bonds is 5. The summed E-state index contributed by atoms with van der Waals surface area (Å²) in [4.78, 5) is 2.55. The van der Waals surface area contributed by atoms with Crippen molar-refractivity contribution in [3.05, 3.63) is 35.4 Å². The van der Waals surface area contributed by atoms with Crippen LogP contribution in [0.15, 0.2) is 24.3 Å². The molecule has 0 radical (unpaired) electrons. The van der Waals surface area contributed by atoms with Crippen molar-refractivity contribution in [2.75, 3.05) is 19.6 Å². The van der Waals surface area contributed by atoms with Crippen LogP contribution < -0.4 is 5.32 Å². The zero-order chi connectivity index (χ0) is 13.7. The van der Waals surface area contributed by atoms with Gasteiger partial charge in [0.15, 0.2) is 0 Å². The van der Waals surface area contributed by atoms with E-state index in [0.717, 1.165) is 19.6 Å². The van der Waals surface area contributed by atoms with Gasteiger partial charge < -0.3 is 5.32 Å². The highest BCUT2D eigenvalue weighted by Gasteiger charge is 2.11. The van der Waals surface area contributed by atoms with Gasteiger partial charge >= 0.3 is 0 Å². The smallest absolute Gasteiger partial charge is 0.0233 e. The molecule has 1 heterocycles. The van der Waals surface area contributed by atoms with E-state index in [1.165, 1.54) is 37.1 Å².